The lowest BCUT2D eigenvalue weighted by atomic mass is 10.1. The standard InChI is InChI=1S/C20H13ClF3N3O2/c21-17-14(7-4-8-15(17)20(22,23)24)18-26-19(28)16(29-10-9-25)12-27(18)11-13-5-2-1-3-6-13/h1-8,12H,10-11H2. The third kappa shape index (κ3) is 4.58. The summed E-state index contributed by atoms with van der Waals surface area (Å²) in [5.41, 5.74) is -1.06. The van der Waals surface area contributed by atoms with E-state index in [0.717, 1.165) is 11.6 Å². The molecule has 0 aliphatic heterocycles. The second-order valence-electron chi connectivity index (χ2n) is 5.96. The molecule has 0 radical (unpaired) electrons. The molecule has 0 amide bonds. The molecule has 148 valence electrons. The number of aromatic nitrogens is 2. The lowest BCUT2D eigenvalue weighted by Gasteiger charge is -2.17. The largest absolute Gasteiger partial charge is 0.471 e. The van der Waals surface area contributed by atoms with Crippen molar-refractivity contribution in [1.82, 2.24) is 9.55 Å². The number of ether oxygens (including phenoxy) is 1. The molecule has 0 aliphatic carbocycles. The van der Waals surface area contributed by atoms with Gasteiger partial charge in [0.1, 0.15) is 11.9 Å². The van der Waals surface area contributed by atoms with Gasteiger partial charge in [-0.25, -0.2) is 0 Å². The van der Waals surface area contributed by atoms with Gasteiger partial charge < -0.3 is 9.30 Å². The van der Waals surface area contributed by atoms with Crippen LogP contribution in [-0.2, 0) is 12.7 Å². The zero-order valence-corrected chi connectivity index (χ0v) is 15.5. The normalized spacial score (nSPS) is 11.1. The number of rotatable bonds is 5. The highest BCUT2D eigenvalue weighted by Gasteiger charge is 2.34. The topological polar surface area (TPSA) is 67.9 Å². The van der Waals surface area contributed by atoms with Crippen LogP contribution in [-0.4, -0.2) is 16.2 Å². The molecule has 0 atom stereocenters. The molecule has 0 saturated carbocycles. The Balaban J connectivity index is 2.19. The molecule has 0 fully saturated rings. The van der Waals surface area contributed by atoms with Crippen LogP contribution in [0.3, 0.4) is 0 Å². The summed E-state index contributed by atoms with van der Waals surface area (Å²) < 4.78 is 46.3. The van der Waals surface area contributed by atoms with E-state index >= 15 is 0 Å². The van der Waals surface area contributed by atoms with Crippen LogP contribution in [0.2, 0.25) is 5.02 Å². The van der Waals surface area contributed by atoms with Crippen LogP contribution in [0.25, 0.3) is 11.4 Å². The van der Waals surface area contributed by atoms with Crippen LogP contribution in [0.4, 0.5) is 13.2 Å². The van der Waals surface area contributed by atoms with Crippen molar-refractivity contribution in [3.63, 3.8) is 0 Å². The Hall–Kier alpha value is -3.31. The van der Waals surface area contributed by atoms with E-state index in [4.69, 9.17) is 21.6 Å². The van der Waals surface area contributed by atoms with E-state index in [9.17, 15) is 18.0 Å². The molecule has 0 saturated heterocycles. The number of hydrogen-bond donors (Lipinski definition) is 0. The number of benzene rings is 2. The van der Waals surface area contributed by atoms with E-state index in [1.54, 1.807) is 18.2 Å². The fourth-order valence-electron chi connectivity index (χ4n) is 2.72. The van der Waals surface area contributed by atoms with Gasteiger partial charge in [0.05, 0.1) is 16.8 Å². The first kappa shape index (κ1) is 20.4. The van der Waals surface area contributed by atoms with E-state index in [-0.39, 0.29) is 30.3 Å². The molecule has 2 aromatic carbocycles. The highest BCUT2D eigenvalue weighted by molar-refractivity contribution is 6.34. The molecule has 9 heteroatoms. The average Bonchev–Trinajstić information content (AvgIpc) is 2.68. The summed E-state index contributed by atoms with van der Waals surface area (Å²) in [6, 6.07) is 14.2. The molecular weight excluding hydrogens is 407 g/mol. The number of alkyl halides is 3. The minimum absolute atomic E-state index is 0.0404. The Morgan fingerprint density at radius 2 is 1.86 bits per heavy atom. The Kier molecular flexibility index (Phi) is 5.89. The molecular formula is C20H13ClF3N3O2. The summed E-state index contributed by atoms with van der Waals surface area (Å²) in [7, 11) is 0. The summed E-state index contributed by atoms with van der Waals surface area (Å²) in [6.07, 6.45) is -3.35. The van der Waals surface area contributed by atoms with E-state index in [2.05, 4.69) is 4.98 Å². The van der Waals surface area contributed by atoms with Crippen molar-refractivity contribution < 1.29 is 17.9 Å². The third-order valence-electron chi connectivity index (χ3n) is 4.00. The summed E-state index contributed by atoms with van der Waals surface area (Å²) in [5.74, 6) is -0.228. The molecule has 0 bridgehead atoms. The zero-order chi connectivity index (χ0) is 21.0. The molecule has 3 aromatic rings. The molecule has 3 rings (SSSR count). The van der Waals surface area contributed by atoms with Crippen molar-refractivity contribution >= 4 is 11.6 Å². The van der Waals surface area contributed by atoms with Crippen molar-refractivity contribution in [2.24, 2.45) is 0 Å². The molecule has 5 nitrogen and oxygen atoms in total. The maximum absolute atomic E-state index is 13.3. The van der Waals surface area contributed by atoms with E-state index < -0.39 is 22.3 Å². The van der Waals surface area contributed by atoms with Gasteiger partial charge in [-0.3, -0.25) is 4.79 Å². The van der Waals surface area contributed by atoms with Gasteiger partial charge in [0.2, 0.25) is 5.75 Å². The number of halogens is 4. The van der Waals surface area contributed by atoms with Gasteiger partial charge in [-0.15, -0.1) is 0 Å². The second kappa shape index (κ2) is 8.37. The fraction of sp³-hybridized carbons (Fsp3) is 0.150. The van der Waals surface area contributed by atoms with Gasteiger partial charge in [-0.2, -0.15) is 23.4 Å². The van der Waals surface area contributed by atoms with Crippen LogP contribution in [0.15, 0.2) is 59.5 Å². The molecule has 29 heavy (non-hydrogen) atoms. The predicted octanol–water partition coefficient (Wildman–Crippen LogP) is 4.53. The summed E-state index contributed by atoms with van der Waals surface area (Å²) >= 11 is 6.03. The van der Waals surface area contributed by atoms with Gasteiger partial charge in [-0.1, -0.05) is 48.0 Å². The quantitative estimate of drug-likeness (QED) is 0.609. The molecule has 0 aliphatic rings. The van der Waals surface area contributed by atoms with Crippen molar-refractivity contribution in [1.29, 1.82) is 5.26 Å². The monoisotopic (exact) mass is 419 g/mol. The van der Waals surface area contributed by atoms with Crippen molar-refractivity contribution in [3.8, 4) is 23.2 Å². The number of nitrogens with zero attached hydrogens (tertiary/aromatic N) is 3. The Labute approximate surface area is 168 Å². The Bertz CT molecular complexity index is 1120. The Morgan fingerprint density at radius 1 is 1.14 bits per heavy atom. The van der Waals surface area contributed by atoms with Gasteiger partial charge in [-0.05, 0) is 17.7 Å². The highest BCUT2D eigenvalue weighted by atomic mass is 35.5. The molecule has 1 aromatic heterocycles. The van der Waals surface area contributed by atoms with Crippen molar-refractivity contribution in [2.75, 3.05) is 6.61 Å². The van der Waals surface area contributed by atoms with Gasteiger partial charge in [0, 0.05) is 12.1 Å². The van der Waals surface area contributed by atoms with Crippen LogP contribution in [0, 0.1) is 11.3 Å². The lowest BCUT2D eigenvalue weighted by Crippen LogP contribution is -2.19. The fourth-order valence-corrected chi connectivity index (χ4v) is 3.04. The number of hydrogen-bond acceptors (Lipinski definition) is 4. The summed E-state index contributed by atoms with van der Waals surface area (Å²) in [6.45, 7) is -0.176. The third-order valence-corrected chi connectivity index (χ3v) is 4.40. The minimum atomic E-state index is -4.66. The highest BCUT2D eigenvalue weighted by Crippen LogP contribution is 2.39. The van der Waals surface area contributed by atoms with E-state index in [1.807, 2.05) is 18.2 Å². The first-order valence-electron chi connectivity index (χ1n) is 8.32. The van der Waals surface area contributed by atoms with Crippen LogP contribution >= 0.6 is 11.6 Å². The van der Waals surface area contributed by atoms with Crippen LogP contribution in [0.5, 0.6) is 5.75 Å². The molecule has 1 heterocycles. The van der Waals surface area contributed by atoms with Gasteiger partial charge in [0.25, 0.3) is 0 Å². The van der Waals surface area contributed by atoms with Gasteiger partial charge in [0.15, 0.2) is 6.61 Å². The van der Waals surface area contributed by atoms with Crippen LogP contribution < -0.4 is 10.3 Å². The molecule has 0 N–H and O–H groups in total. The smallest absolute Gasteiger partial charge is 0.417 e. The van der Waals surface area contributed by atoms with Crippen molar-refractivity contribution in [3.05, 3.63) is 81.2 Å². The number of nitriles is 1. The maximum atomic E-state index is 13.3. The second-order valence-corrected chi connectivity index (χ2v) is 6.34. The van der Waals surface area contributed by atoms with E-state index in [1.165, 1.54) is 22.9 Å². The first-order chi connectivity index (χ1) is 13.8. The van der Waals surface area contributed by atoms with E-state index in [0.29, 0.717) is 0 Å². The lowest BCUT2D eigenvalue weighted by molar-refractivity contribution is -0.137. The molecule has 0 spiro atoms. The Morgan fingerprint density at radius 3 is 2.52 bits per heavy atom. The summed E-state index contributed by atoms with van der Waals surface area (Å²) in [5, 5.41) is 8.11. The summed E-state index contributed by atoms with van der Waals surface area (Å²) in [4.78, 5) is 16.2. The van der Waals surface area contributed by atoms with Crippen LogP contribution in [0.1, 0.15) is 11.1 Å². The average molecular weight is 420 g/mol. The maximum Gasteiger partial charge on any atom is 0.417 e. The zero-order valence-electron chi connectivity index (χ0n) is 14.8. The first-order valence-corrected chi connectivity index (χ1v) is 8.70. The minimum Gasteiger partial charge on any atom is -0.471 e. The van der Waals surface area contributed by atoms with Crippen molar-refractivity contribution in [2.45, 2.75) is 12.7 Å². The molecule has 0 unspecified atom stereocenters. The van der Waals surface area contributed by atoms with Gasteiger partial charge >= 0.3 is 11.7 Å². The SMILES string of the molecule is N#CCOc1cn(Cc2ccccc2)c(-c2cccc(C(F)(F)F)c2Cl)nc1=O. The predicted molar refractivity (Wildman–Crippen MR) is 101 cm³/mol.